The minimum Gasteiger partial charge on any atom is -0.426 e. The quantitative estimate of drug-likeness (QED) is 0.430. The summed E-state index contributed by atoms with van der Waals surface area (Å²) in [6.45, 7) is 4.09. The van der Waals surface area contributed by atoms with Crippen LogP contribution in [-0.2, 0) is 14.3 Å². The van der Waals surface area contributed by atoms with E-state index in [-0.39, 0.29) is 24.0 Å². The summed E-state index contributed by atoms with van der Waals surface area (Å²) in [5.74, 6) is -4.50. The number of esters is 1. The van der Waals surface area contributed by atoms with Crippen LogP contribution in [0.2, 0.25) is 0 Å². The van der Waals surface area contributed by atoms with Gasteiger partial charge in [-0.1, -0.05) is 0 Å². The second kappa shape index (κ2) is 3.97. The summed E-state index contributed by atoms with van der Waals surface area (Å²) in [6, 6.07) is 0. The minimum absolute atomic E-state index is 0.112. The van der Waals surface area contributed by atoms with Gasteiger partial charge in [0.25, 0.3) is 0 Å². The smallest absolute Gasteiger partial charge is 0.336 e. The molecule has 0 spiro atoms. The standard InChI is InChI=1S/C15H20O7/c1-7-8-4-9-12(2,18)5-10(16)15(9,21)13(3,19)6-14(8,20)22-11(7)17/h9,18-21H,4-6H2,1-3H3/t9-,12+,13+,14-,15-/m0/s1. The Bertz CT molecular complexity index is 617. The Morgan fingerprint density at radius 3 is 2.32 bits per heavy atom. The molecule has 7 nitrogen and oxygen atoms in total. The molecule has 122 valence electrons. The summed E-state index contributed by atoms with van der Waals surface area (Å²) in [5.41, 5.74) is -5.45. The van der Waals surface area contributed by atoms with Crippen LogP contribution in [0.4, 0.5) is 0 Å². The van der Waals surface area contributed by atoms with Gasteiger partial charge in [-0.05, 0) is 27.2 Å². The third kappa shape index (κ3) is 1.65. The lowest BCUT2D eigenvalue weighted by Gasteiger charge is -2.42. The molecule has 3 aliphatic rings. The van der Waals surface area contributed by atoms with Crippen LogP contribution in [0.3, 0.4) is 0 Å². The molecule has 0 amide bonds. The normalized spacial score (nSPS) is 51.5. The highest BCUT2D eigenvalue weighted by Gasteiger charge is 2.71. The largest absolute Gasteiger partial charge is 0.426 e. The number of hydrogen-bond donors (Lipinski definition) is 4. The molecule has 0 saturated heterocycles. The summed E-state index contributed by atoms with van der Waals surface area (Å²) in [5, 5.41) is 42.8. The van der Waals surface area contributed by atoms with E-state index in [1.54, 1.807) is 0 Å². The Kier molecular flexibility index (Phi) is 2.82. The van der Waals surface area contributed by atoms with Crippen molar-refractivity contribution in [1.82, 2.24) is 0 Å². The molecule has 5 atom stereocenters. The Morgan fingerprint density at radius 2 is 1.73 bits per heavy atom. The molecule has 0 radical (unpaired) electrons. The summed E-state index contributed by atoms with van der Waals surface area (Å²) < 4.78 is 4.97. The molecule has 0 bridgehead atoms. The van der Waals surface area contributed by atoms with Crippen molar-refractivity contribution in [2.75, 3.05) is 0 Å². The molecular formula is C15H20O7. The van der Waals surface area contributed by atoms with Crippen molar-refractivity contribution in [3.05, 3.63) is 11.1 Å². The van der Waals surface area contributed by atoms with Gasteiger partial charge in [-0.2, -0.15) is 0 Å². The van der Waals surface area contributed by atoms with E-state index in [1.165, 1.54) is 20.8 Å². The molecule has 1 aliphatic heterocycles. The van der Waals surface area contributed by atoms with E-state index >= 15 is 0 Å². The van der Waals surface area contributed by atoms with Gasteiger partial charge in [0, 0.05) is 29.9 Å². The summed E-state index contributed by atoms with van der Waals surface area (Å²) in [4.78, 5) is 24.1. The first-order valence-electron chi connectivity index (χ1n) is 7.21. The molecule has 3 rings (SSSR count). The molecule has 4 N–H and O–H groups in total. The lowest BCUT2D eigenvalue weighted by molar-refractivity contribution is -0.222. The van der Waals surface area contributed by atoms with E-state index < -0.39 is 46.7 Å². The first-order chi connectivity index (χ1) is 9.85. The van der Waals surface area contributed by atoms with Crippen molar-refractivity contribution in [1.29, 1.82) is 0 Å². The average Bonchev–Trinajstić information content (AvgIpc) is 2.61. The molecule has 0 aromatic heterocycles. The Labute approximate surface area is 127 Å². The average molecular weight is 312 g/mol. The zero-order chi connectivity index (χ0) is 16.7. The van der Waals surface area contributed by atoms with Crippen LogP contribution in [-0.4, -0.2) is 54.8 Å². The molecule has 0 unspecified atom stereocenters. The second-order valence-corrected chi connectivity index (χ2v) is 7.21. The van der Waals surface area contributed by atoms with Gasteiger partial charge in [-0.3, -0.25) is 4.79 Å². The molecule has 7 heteroatoms. The molecule has 2 aliphatic carbocycles. The van der Waals surface area contributed by atoms with E-state index in [0.717, 1.165) is 0 Å². The number of ether oxygens (including phenoxy) is 1. The van der Waals surface area contributed by atoms with Crippen LogP contribution in [0.5, 0.6) is 0 Å². The fraction of sp³-hybridized carbons (Fsp3) is 0.733. The van der Waals surface area contributed by atoms with Gasteiger partial charge in [0.05, 0.1) is 5.60 Å². The van der Waals surface area contributed by atoms with Gasteiger partial charge in [-0.15, -0.1) is 0 Å². The van der Waals surface area contributed by atoms with Crippen LogP contribution >= 0.6 is 0 Å². The molecule has 1 heterocycles. The Balaban J connectivity index is 2.23. The summed E-state index contributed by atoms with van der Waals surface area (Å²) in [6.07, 6.45) is -0.948. The zero-order valence-corrected chi connectivity index (χ0v) is 12.7. The second-order valence-electron chi connectivity index (χ2n) is 7.21. The highest BCUT2D eigenvalue weighted by molar-refractivity contribution is 5.95. The first-order valence-corrected chi connectivity index (χ1v) is 7.21. The molecule has 22 heavy (non-hydrogen) atoms. The first kappa shape index (κ1) is 15.6. The van der Waals surface area contributed by atoms with Gasteiger partial charge >= 0.3 is 5.97 Å². The monoisotopic (exact) mass is 312 g/mol. The van der Waals surface area contributed by atoms with Gasteiger partial charge in [0.2, 0.25) is 5.79 Å². The number of rotatable bonds is 0. The predicted octanol–water partition coefficient (Wildman–Crippen LogP) is -0.836. The van der Waals surface area contributed by atoms with Gasteiger partial charge < -0.3 is 25.2 Å². The maximum Gasteiger partial charge on any atom is 0.336 e. The van der Waals surface area contributed by atoms with Crippen LogP contribution < -0.4 is 0 Å². The van der Waals surface area contributed by atoms with Crippen LogP contribution in [0.1, 0.15) is 40.0 Å². The lowest BCUT2D eigenvalue weighted by Crippen LogP contribution is -2.61. The highest BCUT2D eigenvalue weighted by atomic mass is 16.7. The van der Waals surface area contributed by atoms with Crippen molar-refractivity contribution >= 4 is 11.8 Å². The fourth-order valence-electron chi connectivity index (χ4n) is 4.24. The zero-order valence-electron chi connectivity index (χ0n) is 12.7. The number of fused-ring (bicyclic) bond motifs is 2. The van der Waals surface area contributed by atoms with Gasteiger partial charge in [0.1, 0.15) is 5.60 Å². The molecular weight excluding hydrogens is 292 g/mol. The Morgan fingerprint density at radius 1 is 1.14 bits per heavy atom. The number of carbonyl (C=O) groups excluding carboxylic acids is 2. The number of ketones is 1. The van der Waals surface area contributed by atoms with Crippen molar-refractivity contribution in [2.45, 2.75) is 62.6 Å². The Hall–Kier alpha value is -1.28. The predicted molar refractivity (Wildman–Crippen MR) is 72.3 cm³/mol. The van der Waals surface area contributed by atoms with Crippen LogP contribution in [0, 0.1) is 5.92 Å². The maximum absolute atomic E-state index is 12.3. The van der Waals surface area contributed by atoms with Gasteiger partial charge in [0.15, 0.2) is 11.4 Å². The van der Waals surface area contributed by atoms with Crippen LogP contribution in [0.15, 0.2) is 11.1 Å². The topological polar surface area (TPSA) is 124 Å². The van der Waals surface area contributed by atoms with Crippen LogP contribution in [0.25, 0.3) is 0 Å². The number of aliphatic hydroxyl groups is 4. The van der Waals surface area contributed by atoms with E-state index in [0.29, 0.717) is 0 Å². The molecule has 0 aromatic carbocycles. The summed E-state index contributed by atoms with van der Waals surface area (Å²) in [7, 11) is 0. The van der Waals surface area contributed by atoms with Crippen molar-refractivity contribution in [3.63, 3.8) is 0 Å². The third-order valence-electron chi connectivity index (χ3n) is 5.50. The molecule has 0 aromatic rings. The van der Waals surface area contributed by atoms with E-state index in [9.17, 15) is 30.0 Å². The van der Waals surface area contributed by atoms with Gasteiger partial charge in [-0.25, -0.2) is 4.79 Å². The molecule has 2 fully saturated rings. The number of Topliss-reactive ketones (excluding diaryl/α,β-unsaturated/α-hetero) is 1. The lowest BCUT2D eigenvalue weighted by atomic mass is 9.72. The van der Waals surface area contributed by atoms with E-state index in [1.807, 2.05) is 0 Å². The van der Waals surface area contributed by atoms with E-state index in [2.05, 4.69) is 0 Å². The molecule has 2 saturated carbocycles. The van der Waals surface area contributed by atoms with Crippen molar-refractivity contribution in [3.8, 4) is 0 Å². The van der Waals surface area contributed by atoms with E-state index in [4.69, 9.17) is 4.74 Å². The third-order valence-corrected chi connectivity index (χ3v) is 5.50. The maximum atomic E-state index is 12.3. The number of carbonyl (C=O) groups is 2. The minimum atomic E-state index is -2.21. The van der Waals surface area contributed by atoms with Crippen molar-refractivity contribution in [2.24, 2.45) is 5.92 Å². The SMILES string of the molecule is CC1=C2C[C@@H]3[C@](O)(C(=O)C[C@@]3(C)O)[C@](C)(O)C[C@]2(O)OC1=O. The van der Waals surface area contributed by atoms with Crippen molar-refractivity contribution < 1.29 is 34.8 Å². The summed E-state index contributed by atoms with van der Waals surface area (Å²) >= 11 is 0. The fourth-order valence-corrected chi connectivity index (χ4v) is 4.24. The highest BCUT2D eigenvalue weighted by Crippen LogP contribution is 2.56. The number of hydrogen-bond acceptors (Lipinski definition) is 7.